The minimum Gasteiger partial charge on any atom is -0.490 e. The van der Waals surface area contributed by atoms with E-state index >= 15 is 0 Å². The number of hydrogen-bond acceptors (Lipinski definition) is 7. The van der Waals surface area contributed by atoms with Gasteiger partial charge in [0.25, 0.3) is 0 Å². The normalized spacial score (nSPS) is 28.9. The van der Waals surface area contributed by atoms with Crippen LogP contribution in [-0.4, -0.2) is 47.2 Å². The number of fused-ring (bicyclic) bond motifs is 7. The van der Waals surface area contributed by atoms with Gasteiger partial charge in [-0.1, -0.05) is 17.7 Å². The molecule has 2 aromatic carbocycles. The van der Waals surface area contributed by atoms with Crippen LogP contribution in [0.4, 0.5) is 17.1 Å². The number of ether oxygens (including phenoxy) is 1. The van der Waals surface area contributed by atoms with Gasteiger partial charge in [-0.15, -0.1) is 0 Å². The Morgan fingerprint density at radius 3 is 2.63 bits per heavy atom. The van der Waals surface area contributed by atoms with E-state index in [1.54, 1.807) is 6.92 Å². The molecule has 1 spiro atoms. The van der Waals surface area contributed by atoms with Crippen molar-refractivity contribution < 1.29 is 24.0 Å². The molecule has 0 bridgehead atoms. The molecule has 2 aromatic rings. The van der Waals surface area contributed by atoms with E-state index in [4.69, 9.17) is 4.74 Å². The average Bonchev–Trinajstić information content (AvgIpc) is 3.52. The first-order chi connectivity index (χ1) is 16.7. The third-order valence-corrected chi connectivity index (χ3v) is 8.08. The van der Waals surface area contributed by atoms with E-state index in [0.29, 0.717) is 24.2 Å². The van der Waals surface area contributed by atoms with Gasteiger partial charge in [0.1, 0.15) is 5.54 Å². The highest BCUT2D eigenvalue weighted by Gasteiger charge is 2.74. The quantitative estimate of drug-likeness (QED) is 0.411. The summed E-state index contributed by atoms with van der Waals surface area (Å²) in [6.45, 7) is 4.18. The average molecular weight is 476 g/mol. The maximum Gasteiger partial charge on any atom is 0.311 e. The maximum atomic E-state index is 14.1. The lowest BCUT2D eigenvalue weighted by atomic mass is 9.75. The van der Waals surface area contributed by atoms with Gasteiger partial charge in [-0.3, -0.25) is 29.4 Å². The van der Waals surface area contributed by atoms with E-state index in [-0.39, 0.29) is 35.0 Å². The van der Waals surface area contributed by atoms with Crippen molar-refractivity contribution in [3.8, 4) is 5.75 Å². The number of nitrogens with zero attached hydrogens (tertiary/aromatic N) is 3. The van der Waals surface area contributed by atoms with Crippen LogP contribution >= 0.6 is 0 Å². The highest BCUT2D eigenvalue weighted by atomic mass is 16.6. The molecular weight excluding hydrogens is 452 g/mol. The number of rotatable bonds is 3. The standard InChI is InChI=1S/C25H24N4O6/c1-12-6-7-15-14(9-12)25(24(32)26-15)21-20(16-5-4-8-27(16)25)22(30)28(23(21)31)17-11-19(35-3)18(29(33)34)10-13(17)2/h6-7,9-11,16,20-21H,4-5,8H2,1-3H3,(H,26,32)/t16-,20-,21+,25+/m1/s1. The molecule has 4 aliphatic rings. The zero-order chi connectivity index (χ0) is 24.8. The summed E-state index contributed by atoms with van der Waals surface area (Å²) in [5, 5.41) is 14.4. The molecule has 0 aliphatic carbocycles. The number of amides is 3. The zero-order valence-electron chi connectivity index (χ0n) is 19.5. The lowest BCUT2D eigenvalue weighted by Gasteiger charge is -2.36. The second-order valence-electron chi connectivity index (χ2n) is 9.76. The van der Waals surface area contributed by atoms with Gasteiger partial charge in [0.2, 0.25) is 17.7 Å². The Bertz CT molecular complexity index is 1360. The van der Waals surface area contributed by atoms with E-state index in [0.717, 1.165) is 22.4 Å². The van der Waals surface area contributed by atoms with Gasteiger partial charge in [-0.2, -0.15) is 0 Å². The summed E-state index contributed by atoms with van der Waals surface area (Å²) in [5.41, 5.74) is 1.52. The molecule has 1 N–H and O–H groups in total. The Labute approximate surface area is 201 Å². The first-order valence-corrected chi connectivity index (χ1v) is 11.6. The van der Waals surface area contributed by atoms with Gasteiger partial charge < -0.3 is 10.1 Å². The molecule has 6 rings (SSSR count). The number of carbonyl (C=O) groups excluding carboxylic acids is 3. The van der Waals surface area contributed by atoms with Gasteiger partial charge in [0.15, 0.2) is 5.75 Å². The first-order valence-electron chi connectivity index (χ1n) is 11.6. The number of nitro groups is 1. The van der Waals surface area contributed by atoms with Crippen LogP contribution in [-0.2, 0) is 19.9 Å². The molecule has 3 saturated heterocycles. The third kappa shape index (κ3) is 2.54. The number of methoxy groups -OCH3 is 1. The van der Waals surface area contributed by atoms with Gasteiger partial charge in [0, 0.05) is 29.4 Å². The second-order valence-corrected chi connectivity index (χ2v) is 9.76. The van der Waals surface area contributed by atoms with Crippen molar-refractivity contribution in [1.29, 1.82) is 0 Å². The molecule has 4 aliphatic heterocycles. The Morgan fingerprint density at radius 1 is 1.14 bits per heavy atom. The van der Waals surface area contributed by atoms with Crippen LogP contribution in [0.25, 0.3) is 0 Å². The fourth-order valence-corrected chi connectivity index (χ4v) is 6.76. The molecule has 3 amide bonds. The van der Waals surface area contributed by atoms with E-state index in [9.17, 15) is 24.5 Å². The SMILES string of the molecule is COc1cc(N2C(=O)[C@@H]3[C@H]4CCCN4[C@]4(C(=O)Nc5ccc(C)cc54)[C@@H]3C2=O)c(C)cc1[N+](=O)[O-]. The van der Waals surface area contributed by atoms with Crippen LogP contribution in [0.5, 0.6) is 5.75 Å². The number of imide groups is 1. The number of nitrogens with one attached hydrogen (secondary N) is 1. The molecule has 10 heteroatoms. The molecule has 4 heterocycles. The lowest BCUT2D eigenvalue weighted by Crippen LogP contribution is -2.54. The van der Waals surface area contributed by atoms with Crippen LogP contribution in [0.3, 0.4) is 0 Å². The van der Waals surface area contributed by atoms with Crippen LogP contribution in [0, 0.1) is 35.8 Å². The van der Waals surface area contributed by atoms with Crippen molar-refractivity contribution >= 4 is 34.8 Å². The fourth-order valence-electron chi connectivity index (χ4n) is 6.76. The van der Waals surface area contributed by atoms with E-state index in [1.807, 2.05) is 25.1 Å². The van der Waals surface area contributed by atoms with Crippen molar-refractivity contribution in [3.63, 3.8) is 0 Å². The number of hydrogen-bond donors (Lipinski definition) is 1. The minimum atomic E-state index is -1.26. The Balaban J connectivity index is 1.54. The van der Waals surface area contributed by atoms with Crippen molar-refractivity contribution in [2.24, 2.45) is 11.8 Å². The van der Waals surface area contributed by atoms with E-state index < -0.39 is 28.2 Å². The van der Waals surface area contributed by atoms with Crippen molar-refractivity contribution in [1.82, 2.24) is 4.90 Å². The highest BCUT2D eigenvalue weighted by molar-refractivity contribution is 6.26. The van der Waals surface area contributed by atoms with Crippen molar-refractivity contribution in [3.05, 3.63) is 57.1 Å². The Kier molecular flexibility index (Phi) is 4.41. The number of carbonyl (C=O) groups is 3. The number of anilines is 2. The maximum absolute atomic E-state index is 14.1. The van der Waals surface area contributed by atoms with Crippen LogP contribution in [0.1, 0.15) is 29.5 Å². The van der Waals surface area contributed by atoms with E-state index in [1.165, 1.54) is 19.2 Å². The minimum absolute atomic E-state index is 0.0370. The zero-order valence-corrected chi connectivity index (χ0v) is 19.5. The molecule has 0 unspecified atom stereocenters. The second kappa shape index (κ2) is 7.11. The molecule has 180 valence electrons. The molecule has 0 aromatic heterocycles. The lowest BCUT2D eigenvalue weighted by molar-refractivity contribution is -0.385. The number of nitro benzene ring substituents is 1. The Morgan fingerprint density at radius 2 is 1.91 bits per heavy atom. The van der Waals surface area contributed by atoms with Crippen LogP contribution in [0.15, 0.2) is 30.3 Å². The summed E-state index contributed by atoms with van der Waals surface area (Å²) >= 11 is 0. The van der Waals surface area contributed by atoms with Crippen molar-refractivity contribution in [2.45, 2.75) is 38.3 Å². The largest absolute Gasteiger partial charge is 0.490 e. The van der Waals surface area contributed by atoms with Crippen molar-refractivity contribution in [2.75, 3.05) is 23.9 Å². The van der Waals surface area contributed by atoms with Crippen LogP contribution < -0.4 is 15.0 Å². The summed E-state index contributed by atoms with van der Waals surface area (Å²) < 4.78 is 5.20. The summed E-state index contributed by atoms with van der Waals surface area (Å²) in [6.07, 6.45) is 1.54. The summed E-state index contributed by atoms with van der Waals surface area (Å²) in [5.74, 6) is -2.71. The van der Waals surface area contributed by atoms with Crippen LogP contribution in [0.2, 0.25) is 0 Å². The predicted molar refractivity (Wildman–Crippen MR) is 125 cm³/mol. The topological polar surface area (TPSA) is 122 Å². The number of aryl methyl sites for hydroxylation is 2. The molecule has 35 heavy (non-hydrogen) atoms. The number of benzene rings is 2. The van der Waals surface area contributed by atoms with Gasteiger partial charge in [-0.25, -0.2) is 4.90 Å². The Hall–Kier alpha value is -3.79. The van der Waals surface area contributed by atoms with Gasteiger partial charge in [-0.05, 0) is 44.9 Å². The molecule has 10 nitrogen and oxygen atoms in total. The molecule has 0 radical (unpaired) electrons. The first kappa shape index (κ1) is 21.7. The summed E-state index contributed by atoms with van der Waals surface area (Å²) in [7, 11) is 1.30. The smallest absolute Gasteiger partial charge is 0.311 e. The highest BCUT2D eigenvalue weighted by Crippen LogP contribution is 2.61. The van der Waals surface area contributed by atoms with E-state index in [2.05, 4.69) is 10.2 Å². The van der Waals surface area contributed by atoms with Gasteiger partial charge >= 0.3 is 5.69 Å². The molecule has 4 atom stereocenters. The predicted octanol–water partition coefficient (Wildman–Crippen LogP) is 2.65. The molecule has 0 saturated carbocycles. The third-order valence-electron chi connectivity index (χ3n) is 8.08. The van der Waals surface area contributed by atoms with Gasteiger partial charge in [0.05, 0.1) is 29.6 Å². The summed E-state index contributed by atoms with van der Waals surface area (Å²) in [4.78, 5) is 55.8. The molecular formula is C25H24N4O6. The fraction of sp³-hybridized carbons (Fsp3) is 0.400. The monoisotopic (exact) mass is 476 g/mol. The molecule has 3 fully saturated rings. The summed E-state index contributed by atoms with van der Waals surface area (Å²) in [6, 6.07) is 8.13.